The molecule has 1 aliphatic heterocycles. The molecule has 1 heterocycles. The van der Waals surface area contributed by atoms with Crippen molar-refractivity contribution in [3.05, 3.63) is 0 Å². The summed E-state index contributed by atoms with van der Waals surface area (Å²) in [6.45, 7) is 5.75. The van der Waals surface area contributed by atoms with E-state index in [-0.39, 0.29) is 35.7 Å². The normalized spacial score (nSPS) is 42.7. The molecule has 0 aromatic heterocycles. The number of nitrogens with zero attached hydrogens (tertiary/aromatic N) is 1. The number of aliphatic hydroxyl groups is 1. The van der Waals surface area contributed by atoms with Crippen LogP contribution >= 0.6 is 0 Å². The zero-order valence-electron chi connectivity index (χ0n) is 9.36. The Morgan fingerprint density at radius 2 is 2.07 bits per heavy atom. The molecule has 1 saturated heterocycles. The fraction of sp³-hybridized carbons (Fsp3) is 0.818. The minimum Gasteiger partial charge on any atom is -0.396 e. The van der Waals surface area contributed by atoms with Gasteiger partial charge in [-0.1, -0.05) is 6.92 Å². The number of carbonyl (C=O) groups is 2. The monoisotopic (exact) mass is 211 g/mol. The maximum Gasteiger partial charge on any atom is 0.220 e. The summed E-state index contributed by atoms with van der Waals surface area (Å²) in [6.07, 6.45) is 0. The number of carbonyl (C=O) groups excluding carboxylic acids is 2. The quantitative estimate of drug-likeness (QED) is 0.702. The minimum atomic E-state index is -0.301. The van der Waals surface area contributed by atoms with Gasteiger partial charge in [0.1, 0.15) is 0 Å². The van der Waals surface area contributed by atoms with Crippen LogP contribution in [0.5, 0.6) is 0 Å². The van der Waals surface area contributed by atoms with Crippen LogP contribution in [0.1, 0.15) is 20.8 Å². The van der Waals surface area contributed by atoms with E-state index in [4.69, 9.17) is 0 Å². The second kappa shape index (κ2) is 3.04. The summed E-state index contributed by atoms with van der Waals surface area (Å²) in [7, 11) is 0. The van der Waals surface area contributed by atoms with E-state index in [9.17, 15) is 14.7 Å². The van der Waals surface area contributed by atoms with Crippen molar-refractivity contribution in [2.45, 2.75) is 26.8 Å². The van der Waals surface area contributed by atoms with Crippen LogP contribution in [0.15, 0.2) is 0 Å². The third-order valence-electron chi connectivity index (χ3n) is 4.16. The standard InChI is InChI=1S/C11H17NO3/c1-6(14)10-9-8(11(9,3)5-13)4-12(10)7(2)15/h8-10,13H,4-5H2,1-3H3/t8-,9-,10+,11?/m0/s1. The Morgan fingerprint density at radius 3 is 2.47 bits per heavy atom. The van der Waals surface area contributed by atoms with Gasteiger partial charge in [-0.15, -0.1) is 0 Å². The molecule has 1 unspecified atom stereocenters. The topological polar surface area (TPSA) is 57.6 Å². The Kier molecular flexibility index (Phi) is 2.15. The third-order valence-corrected chi connectivity index (χ3v) is 4.16. The first-order valence-electron chi connectivity index (χ1n) is 5.32. The number of Topliss-reactive ketones (excluding diaryl/α,β-unsaturated/α-hetero) is 1. The van der Waals surface area contributed by atoms with Gasteiger partial charge in [0.15, 0.2) is 5.78 Å². The van der Waals surface area contributed by atoms with E-state index in [1.807, 2.05) is 6.92 Å². The van der Waals surface area contributed by atoms with Gasteiger partial charge in [-0.05, 0) is 18.8 Å². The molecule has 15 heavy (non-hydrogen) atoms. The zero-order valence-corrected chi connectivity index (χ0v) is 9.36. The molecule has 0 bridgehead atoms. The van der Waals surface area contributed by atoms with E-state index in [1.54, 1.807) is 4.90 Å². The van der Waals surface area contributed by atoms with Gasteiger partial charge in [-0.2, -0.15) is 0 Å². The predicted molar refractivity (Wildman–Crippen MR) is 54.0 cm³/mol. The Balaban J connectivity index is 2.22. The molecule has 0 aromatic rings. The van der Waals surface area contributed by atoms with Gasteiger partial charge in [0, 0.05) is 25.5 Å². The fourth-order valence-corrected chi connectivity index (χ4v) is 3.14. The molecular formula is C11H17NO3. The van der Waals surface area contributed by atoms with Gasteiger partial charge in [0.05, 0.1) is 6.04 Å². The van der Waals surface area contributed by atoms with Crippen molar-refractivity contribution in [3.63, 3.8) is 0 Å². The van der Waals surface area contributed by atoms with Crippen LogP contribution in [0.4, 0.5) is 0 Å². The number of rotatable bonds is 2. The molecule has 1 saturated carbocycles. The van der Waals surface area contributed by atoms with Gasteiger partial charge in [-0.3, -0.25) is 9.59 Å². The van der Waals surface area contributed by atoms with Crippen molar-refractivity contribution in [2.75, 3.05) is 13.2 Å². The molecule has 2 aliphatic rings. The van der Waals surface area contributed by atoms with Crippen molar-refractivity contribution in [2.24, 2.45) is 17.3 Å². The summed E-state index contributed by atoms with van der Waals surface area (Å²) in [6, 6.07) is -0.301. The second-order valence-corrected chi connectivity index (χ2v) is 5.02. The van der Waals surface area contributed by atoms with Crippen LogP contribution in [0, 0.1) is 17.3 Å². The molecule has 2 rings (SSSR count). The number of hydrogen-bond donors (Lipinski definition) is 1. The van der Waals surface area contributed by atoms with E-state index in [1.165, 1.54) is 13.8 Å². The Morgan fingerprint density at radius 1 is 1.47 bits per heavy atom. The van der Waals surface area contributed by atoms with Gasteiger partial charge in [-0.25, -0.2) is 0 Å². The van der Waals surface area contributed by atoms with Crippen molar-refractivity contribution >= 4 is 11.7 Å². The molecule has 4 nitrogen and oxygen atoms in total. The van der Waals surface area contributed by atoms with Crippen molar-refractivity contribution in [3.8, 4) is 0 Å². The average Bonchev–Trinajstić information content (AvgIpc) is 2.61. The fourth-order valence-electron chi connectivity index (χ4n) is 3.14. The van der Waals surface area contributed by atoms with Crippen molar-refractivity contribution in [1.29, 1.82) is 0 Å². The SMILES string of the molecule is CC(=O)[C@@H]1[C@@H]2[C@H](CN1C(C)=O)C2(C)CO. The van der Waals surface area contributed by atoms with E-state index in [0.29, 0.717) is 12.5 Å². The summed E-state index contributed by atoms with van der Waals surface area (Å²) in [4.78, 5) is 24.5. The molecule has 2 fully saturated rings. The number of aliphatic hydroxyl groups excluding tert-OH is 1. The predicted octanol–water partition coefficient (Wildman–Crippen LogP) is 0.0507. The second-order valence-electron chi connectivity index (χ2n) is 5.02. The molecule has 0 radical (unpaired) electrons. The summed E-state index contributed by atoms with van der Waals surface area (Å²) in [5.74, 6) is 0.474. The van der Waals surface area contributed by atoms with Crippen LogP contribution in [0.25, 0.3) is 0 Å². The Hall–Kier alpha value is -0.900. The number of likely N-dealkylation sites (tertiary alicyclic amines) is 1. The highest BCUT2D eigenvalue weighted by atomic mass is 16.3. The highest BCUT2D eigenvalue weighted by Crippen LogP contribution is 2.64. The summed E-state index contributed by atoms with van der Waals surface area (Å²) < 4.78 is 0. The van der Waals surface area contributed by atoms with Gasteiger partial charge in [0.25, 0.3) is 0 Å². The maximum atomic E-state index is 11.5. The van der Waals surface area contributed by atoms with E-state index < -0.39 is 0 Å². The van der Waals surface area contributed by atoms with Crippen molar-refractivity contribution in [1.82, 2.24) is 4.90 Å². The Bertz CT molecular complexity index is 328. The lowest BCUT2D eigenvalue weighted by molar-refractivity contribution is -0.137. The van der Waals surface area contributed by atoms with Crippen LogP contribution in [0.2, 0.25) is 0 Å². The number of piperidine rings is 1. The van der Waals surface area contributed by atoms with Gasteiger partial charge in [0.2, 0.25) is 5.91 Å². The lowest BCUT2D eigenvalue weighted by Crippen LogP contribution is -2.44. The molecular weight excluding hydrogens is 194 g/mol. The number of fused-ring (bicyclic) bond motifs is 1. The maximum absolute atomic E-state index is 11.5. The van der Waals surface area contributed by atoms with Gasteiger partial charge >= 0.3 is 0 Å². The first-order valence-corrected chi connectivity index (χ1v) is 5.32. The van der Waals surface area contributed by atoms with Crippen LogP contribution in [-0.4, -0.2) is 40.9 Å². The lowest BCUT2D eigenvalue weighted by atomic mass is 9.97. The zero-order chi connectivity index (χ0) is 11.4. The first-order chi connectivity index (χ1) is 6.93. The molecule has 0 aromatic carbocycles. The molecule has 4 heteroatoms. The number of amides is 1. The average molecular weight is 211 g/mol. The van der Waals surface area contributed by atoms with Crippen LogP contribution in [0.3, 0.4) is 0 Å². The number of ketones is 1. The highest BCUT2D eigenvalue weighted by molar-refractivity contribution is 5.88. The summed E-state index contributed by atoms with van der Waals surface area (Å²) in [5.41, 5.74) is -0.137. The Labute approximate surface area is 89.3 Å². The van der Waals surface area contributed by atoms with Gasteiger partial charge < -0.3 is 10.0 Å². The summed E-state index contributed by atoms with van der Waals surface area (Å²) in [5, 5.41) is 9.28. The third kappa shape index (κ3) is 1.24. The van der Waals surface area contributed by atoms with E-state index in [0.717, 1.165) is 0 Å². The molecule has 0 spiro atoms. The molecule has 84 valence electrons. The lowest BCUT2D eigenvalue weighted by Gasteiger charge is -2.28. The van der Waals surface area contributed by atoms with Crippen LogP contribution < -0.4 is 0 Å². The first kappa shape index (κ1) is 10.6. The molecule has 1 aliphatic carbocycles. The molecule has 1 N–H and O–H groups in total. The van der Waals surface area contributed by atoms with E-state index >= 15 is 0 Å². The highest BCUT2D eigenvalue weighted by Gasteiger charge is 2.70. The largest absolute Gasteiger partial charge is 0.396 e. The molecule has 1 amide bonds. The van der Waals surface area contributed by atoms with Crippen LogP contribution in [-0.2, 0) is 9.59 Å². The summed E-state index contributed by atoms with van der Waals surface area (Å²) >= 11 is 0. The minimum absolute atomic E-state index is 0.0369. The smallest absolute Gasteiger partial charge is 0.220 e. The van der Waals surface area contributed by atoms with Crippen molar-refractivity contribution < 1.29 is 14.7 Å². The number of hydrogen-bond acceptors (Lipinski definition) is 3. The van der Waals surface area contributed by atoms with E-state index in [2.05, 4.69) is 0 Å². The molecule has 4 atom stereocenters.